The van der Waals surface area contributed by atoms with Crippen LogP contribution in [0.1, 0.15) is 11.8 Å². The predicted octanol–water partition coefficient (Wildman–Crippen LogP) is 0.803. The third-order valence-corrected chi connectivity index (χ3v) is 3.94. The van der Waals surface area contributed by atoms with Crippen molar-refractivity contribution in [2.75, 3.05) is 38.2 Å². The van der Waals surface area contributed by atoms with Crippen molar-refractivity contribution < 1.29 is 18.7 Å². The lowest BCUT2D eigenvalue weighted by atomic mass is 10.1. The van der Waals surface area contributed by atoms with Crippen LogP contribution in [0.25, 0.3) is 0 Å². The van der Waals surface area contributed by atoms with E-state index in [2.05, 4.69) is 20.5 Å². The average molecular weight is 344 g/mol. The van der Waals surface area contributed by atoms with E-state index in [1.54, 1.807) is 30.7 Å². The van der Waals surface area contributed by atoms with Crippen molar-refractivity contribution in [1.82, 2.24) is 15.2 Å². The van der Waals surface area contributed by atoms with Crippen molar-refractivity contribution in [1.29, 1.82) is 0 Å². The summed E-state index contributed by atoms with van der Waals surface area (Å²) in [6.07, 6.45) is 4.66. The Hall–Kier alpha value is -2.71. The second-order valence-electron chi connectivity index (χ2n) is 5.59. The van der Waals surface area contributed by atoms with Crippen molar-refractivity contribution >= 4 is 17.5 Å². The van der Waals surface area contributed by atoms with E-state index in [1.807, 2.05) is 6.07 Å². The number of pyridine rings is 1. The van der Waals surface area contributed by atoms with Gasteiger partial charge < -0.3 is 19.8 Å². The summed E-state index contributed by atoms with van der Waals surface area (Å²) in [5.74, 6) is -0.684. The van der Waals surface area contributed by atoms with E-state index in [0.717, 1.165) is 18.8 Å². The summed E-state index contributed by atoms with van der Waals surface area (Å²) in [5.41, 5.74) is 0.471. The number of carbonyl (C=O) groups is 2. The van der Waals surface area contributed by atoms with Gasteiger partial charge in [0, 0.05) is 25.8 Å². The zero-order valence-electron chi connectivity index (χ0n) is 13.7. The number of aromatic nitrogens is 1. The molecule has 8 nitrogen and oxygen atoms in total. The van der Waals surface area contributed by atoms with Gasteiger partial charge in [-0.15, -0.1) is 0 Å². The van der Waals surface area contributed by atoms with Crippen molar-refractivity contribution in [3.63, 3.8) is 0 Å². The molecule has 2 aromatic rings. The Morgan fingerprint density at radius 1 is 1.20 bits per heavy atom. The van der Waals surface area contributed by atoms with Crippen LogP contribution in [0.5, 0.6) is 0 Å². The fraction of sp³-hybridized carbons (Fsp3) is 0.353. The van der Waals surface area contributed by atoms with Crippen molar-refractivity contribution in [2.24, 2.45) is 0 Å². The molecule has 1 aliphatic rings. The minimum absolute atomic E-state index is 0.144. The summed E-state index contributed by atoms with van der Waals surface area (Å²) in [7, 11) is 0. The van der Waals surface area contributed by atoms with E-state index in [9.17, 15) is 9.59 Å². The van der Waals surface area contributed by atoms with E-state index < -0.39 is 11.8 Å². The number of morpholine rings is 1. The molecular formula is C17H20N4O4. The lowest BCUT2D eigenvalue weighted by Crippen LogP contribution is -2.45. The molecule has 0 saturated carbocycles. The van der Waals surface area contributed by atoms with Gasteiger partial charge in [-0.2, -0.15) is 0 Å². The Morgan fingerprint density at radius 3 is 2.72 bits per heavy atom. The number of amides is 2. The first-order valence-corrected chi connectivity index (χ1v) is 8.08. The van der Waals surface area contributed by atoms with Crippen LogP contribution in [0.2, 0.25) is 0 Å². The highest BCUT2D eigenvalue weighted by Crippen LogP contribution is 2.21. The summed E-state index contributed by atoms with van der Waals surface area (Å²) in [5, 5.41) is 5.18. The summed E-state index contributed by atoms with van der Waals surface area (Å²) in [4.78, 5) is 30.1. The van der Waals surface area contributed by atoms with Gasteiger partial charge in [0.2, 0.25) is 0 Å². The van der Waals surface area contributed by atoms with Crippen LogP contribution < -0.4 is 10.6 Å². The molecule has 0 bridgehead atoms. The predicted molar refractivity (Wildman–Crippen MR) is 89.7 cm³/mol. The Balaban J connectivity index is 1.58. The molecule has 0 aromatic carbocycles. The molecule has 1 fully saturated rings. The molecule has 25 heavy (non-hydrogen) atoms. The fourth-order valence-corrected chi connectivity index (χ4v) is 2.67. The van der Waals surface area contributed by atoms with Crippen LogP contribution in [0, 0.1) is 0 Å². The summed E-state index contributed by atoms with van der Waals surface area (Å²) in [6, 6.07) is 6.87. The van der Waals surface area contributed by atoms with Crippen molar-refractivity contribution in [2.45, 2.75) is 6.04 Å². The van der Waals surface area contributed by atoms with Gasteiger partial charge in [-0.05, 0) is 24.3 Å². The molecule has 1 atom stereocenters. The molecule has 0 unspecified atom stereocenters. The molecule has 2 amide bonds. The zero-order valence-corrected chi connectivity index (χ0v) is 13.7. The average Bonchev–Trinajstić information content (AvgIpc) is 3.18. The Kier molecular flexibility index (Phi) is 5.76. The number of ether oxygens (including phenoxy) is 1. The van der Waals surface area contributed by atoms with Gasteiger partial charge in [0.05, 0.1) is 37.4 Å². The van der Waals surface area contributed by atoms with E-state index >= 15 is 0 Å². The summed E-state index contributed by atoms with van der Waals surface area (Å²) >= 11 is 0. The van der Waals surface area contributed by atoms with Crippen LogP contribution in [0.3, 0.4) is 0 Å². The lowest BCUT2D eigenvalue weighted by Gasteiger charge is -2.33. The topological polar surface area (TPSA) is 96.7 Å². The molecule has 132 valence electrons. The summed E-state index contributed by atoms with van der Waals surface area (Å²) in [6.45, 7) is 3.01. The first-order chi connectivity index (χ1) is 12.2. The van der Waals surface area contributed by atoms with Crippen LogP contribution in [-0.4, -0.2) is 54.5 Å². The number of hydrogen-bond donors (Lipinski definition) is 2. The third kappa shape index (κ3) is 4.65. The smallest absolute Gasteiger partial charge is 0.313 e. The van der Waals surface area contributed by atoms with E-state index in [0.29, 0.717) is 18.9 Å². The molecule has 0 aliphatic carbocycles. The maximum atomic E-state index is 12.1. The van der Waals surface area contributed by atoms with Gasteiger partial charge >= 0.3 is 11.8 Å². The molecule has 8 heteroatoms. The minimum Gasteiger partial charge on any atom is -0.468 e. The van der Waals surface area contributed by atoms with E-state index in [-0.39, 0.29) is 12.6 Å². The first-order valence-electron chi connectivity index (χ1n) is 8.08. The maximum Gasteiger partial charge on any atom is 0.313 e. The Morgan fingerprint density at radius 2 is 2.04 bits per heavy atom. The van der Waals surface area contributed by atoms with Gasteiger partial charge in [0.25, 0.3) is 0 Å². The van der Waals surface area contributed by atoms with Crippen LogP contribution in [-0.2, 0) is 14.3 Å². The molecule has 2 aromatic heterocycles. The highest BCUT2D eigenvalue weighted by atomic mass is 16.5. The van der Waals surface area contributed by atoms with E-state index in [4.69, 9.17) is 9.15 Å². The van der Waals surface area contributed by atoms with Gasteiger partial charge in [-0.1, -0.05) is 0 Å². The first kappa shape index (κ1) is 17.1. The quantitative estimate of drug-likeness (QED) is 0.779. The number of furan rings is 1. The van der Waals surface area contributed by atoms with Gasteiger partial charge in [-0.3, -0.25) is 19.5 Å². The largest absolute Gasteiger partial charge is 0.468 e. The number of nitrogens with zero attached hydrogens (tertiary/aromatic N) is 2. The monoisotopic (exact) mass is 344 g/mol. The molecule has 1 aliphatic heterocycles. The number of nitrogens with one attached hydrogen (secondary N) is 2. The van der Waals surface area contributed by atoms with Crippen LogP contribution in [0.15, 0.2) is 47.3 Å². The number of hydrogen-bond acceptors (Lipinski definition) is 6. The third-order valence-electron chi connectivity index (χ3n) is 3.94. The normalized spacial score (nSPS) is 16.2. The molecule has 2 N–H and O–H groups in total. The Bertz CT molecular complexity index is 684. The van der Waals surface area contributed by atoms with Gasteiger partial charge in [0.1, 0.15) is 5.76 Å². The van der Waals surface area contributed by atoms with Gasteiger partial charge in [-0.25, -0.2) is 0 Å². The molecule has 0 radical (unpaired) electrons. The van der Waals surface area contributed by atoms with Crippen LogP contribution >= 0.6 is 0 Å². The second kappa shape index (κ2) is 8.41. The fourth-order valence-electron chi connectivity index (χ4n) is 2.67. The Labute approximate surface area is 145 Å². The minimum atomic E-state index is -0.729. The molecule has 3 heterocycles. The molecule has 3 rings (SSSR count). The highest BCUT2D eigenvalue weighted by molar-refractivity contribution is 6.39. The molecule has 1 saturated heterocycles. The second-order valence-corrected chi connectivity index (χ2v) is 5.59. The summed E-state index contributed by atoms with van der Waals surface area (Å²) < 4.78 is 10.9. The van der Waals surface area contributed by atoms with Gasteiger partial charge in [0.15, 0.2) is 0 Å². The molecule has 0 spiro atoms. The highest BCUT2D eigenvalue weighted by Gasteiger charge is 2.26. The van der Waals surface area contributed by atoms with Crippen molar-refractivity contribution in [3.05, 3.63) is 48.7 Å². The van der Waals surface area contributed by atoms with Crippen LogP contribution in [0.4, 0.5) is 5.69 Å². The number of carbonyl (C=O) groups excluding carboxylic acids is 2. The maximum absolute atomic E-state index is 12.1. The van der Waals surface area contributed by atoms with E-state index in [1.165, 1.54) is 6.20 Å². The standard InChI is InChI=1S/C17H20N4O4/c22-16(17(23)20-13-3-1-5-18-11-13)19-12-14(15-4-2-8-25-15)21-6-9-24-10-7-21/h1-5,8,11,14H,6-7,9-10,12H2,(H,19,22)(H,20,23)/t14-/m1/s1. The lowest BCUT2D eigenvalue weighted by molar-refractivity contribution is -0.136. The molecular weight excluding hydrogens is 324 g/mol. The zero-order chi connectivity index (χ0) is 17.5. The van der Waals surface area contributed by atoms with Crippen molar-refractivity contribution in [3.8, 4) is 0 Å². The SMILES string of the molecule is O=C(NC[C@H](c1ccco1)N1CCOCC1)C(=O)Nc1cccnc1. The number of rotatable bonds is 5. The number of anilines is 1.